The van der Waals surface area contributed by atoms with E-state index in [4.69, 9.17) is 11.6 Å². The molecule has 0 saturated carbocycles. The summed E-state index contributed by atoms with van der Waals surface area (Å²) >= 11 is 6.07. The number of benzene rings is 1. The maximum absolute atomic E-state index is 12.7. The van der Waals surface area contributed by atoms with E-state index >= 15 is 0 Å². The van der Waals surface area contributed by atoms with Crippen LogP contribution in [0.2, 0.25) is 5.02 Å². The molecule has 7 nitrogen and oxygen atoms in total. The van der Waals surface area contributed by atoms with Crippen molar-refractivity contribution in [2.45, 2.75) is 25.7 Å². The molecule has 0 spiro atoms. The van der Waals surface area contributed by atoms with Gasteiger partial charge < -0.3 is 4.98 Å². The SMILES string of the molecule is O=c1[nH]c(C(F)(F)F)nc2c1CN(Cc1cc([N+](=O)[O-])ccc1Cl)CC2. The second kappa shape index (κ2) is 6.69. The summed E-state index contributed by atoms with van der Waals surface area (Å²) in [5.74, 6) is -1.31. The number of nitro benzene ring substituents is 1. The highest BCUT2D eigenvalue weighted by Gasteiger charge is 2.36. The number of aromatic amines is 1. The van der Waals surface area contributed by atoms with Crippen LogP contribution in [0.3, 0.4) is 0 Å². The largest absolute Gasteiger partial charge is 0.449 e. The molecule has 1 aliphatic heterocycles. The summed E-state index contributed by atoms with van der Waals surface area (Å²) in [5.41, 5.74) is -0.179. The zero-order chi connectivity index (χ0) is 19.1. The number of hydrogen-bond donors (Lipinski definition) is 1. The van der Waals surface area contributed by atoms with Crippen LogP contribution in [0.1, 0.15) is 22.6 Å². The molecule has 11 heteroatoms. The first kappa shape index (κ1) is 18.3. The van der Waals surface area contributed by atoms with Gasteiger partial charge in [-0.2, -0.15) is 13.2 Å². The predicted octanol–water partition coefficient (Wildman–Crippen LogP) is 2.91. The number of non-ortho nitro benzene ring substituents is 1. The Balaban J connectivity index is 1.85. The molecule has 0 radical (unpaired) electrons. The maximum Gasteiger partial charge on any atom is 0.449 e. The Morgan fingerprint density at radius 2 is 2.12 bits per heavy atom. The average molecular weight is 389 g/mol. The molecule has 0 bridgehead atoms. The lowest BCUT2D eigenvalue weighted by molar-refractivity contribution is -0.384. The van der Waals surface area contributed by atoms with E-state index in [9.17, 15) is 28.1 Å². The molecule has 138 valence electrons. The zero-order valence-electron chi connectivity index (χ0n) is 13.1. The second-order valence-corrected chi connectivity index (χ2v) is 6.24. The summed E-state index contributed by atoms with van der Waals surface area (Å²) in [5, 5.41) is 11.2. The van der Waals surface area contributed by atoms with Crippen LogP contribution in [0.4, 0.5) is 18.9 Å². The van der Waals surface area contributed by atoms with Gasteiger partial charge in [-0.3, -0.25) is 19.8 Å². The van der Waals surface area contributed by atoms with Crippen molar-refractivity contribution in [3.63, 3.8) is 0 Å². The van der Waals surface area contributed by atoms with Crippen LogP contribution in [0, 0.1) is 10.1 Å². The van der Waals surface area contributed by atoms with Crippen molar-refractivity contribution in [1.82, 2.24) is 14.9 Å². The van der Waals surface area contributed by atoms with Gasteiger partial charge in [0, 0.05) is 43.2 Å². The minimum atomic E-state index is -4.72. The van der Waals surface area contributed by atoms with E-state index in [1.807, 2.05) is 0 Å². The standard InChI is InChI=1S/C15H12ClF3N4O3/c16-11-2-1-9(23(25)26)5-8(11)6-22-4-3-12-10(7-22)13(24)21-14(20-12)15(17,18)19/h1-2,5H,3-4,6-7H2,(H,20,21,24). The van der Waals surface area contributed by atoms with Crippen molar-refractivity contribution in [3.05, 3.63) is 66.3 Å². The fourth-order valence-electron chi connectivity index (χ4n) is 2.79. The van der Waals surface area contributed by atoms with Gasteiger partial charge in [0.1, 0.15) is 0 Å². The minimum absolute atomic E-state index is 0.0782. The summed E-state index contributed by atoms with van der Waals surface area (Å²) in [6.07, 6.45) is -4.56. The van der Waals surface area contributed by atoms with Crippen molar-refractivity contribution in [3.8, 4) is 0 Å². The quantitative estimate of drug-likeness (QED) is 0.644. The van der Waals surface area contributed by atoms with E-state index in [0.717, 1.165) is 0 Å². The summed E-state index contributed by atoms with van der Waals surface area (Å²) in [6, 6.07) is 4.04. The lowest BCUT2D eigenvalue weighted by Crippen LogP contribution is -2.36. The lowest BCUT2D eigenvalue weighted by atomic mass is 10.1. The minimum Gasteiger partial charge on any atom is -0.303 e. The first-order chi connectivity index (χ1) is 12.1. The molecule has 1 aromatic heterocycles. The van der Waals surface area contributed by atoms with Crippen molar-refractivity contribution in [1.29, 1.82) is 0 Å². The Labute approximate surface area is 149 Å². The number of fused-ring (bicyclic) bond motifs is 1. The summed E-state index contributed by atoms with van der Waals surface area (Å²) in [4.78, 5) is 29.4. The van der Waals surface area contributed by atoms with E-state index in [1.54, 1.807) is 9.88 Å². The normalized spacial score (nSPS) is 14.9. The number of alkyl halides is 3. The molecule has 2 aromatic rings. The Morgan fingerprint density at radius 3 is 2.77 bits per heavy atom. The number of H-pyrrole nitrogens is 1. The average Bonchev–Trinajstić information content (AvgIpc) is 2.56. The van der Waals surface area contributed by atoms with Gasteiger partial charge in [-0.1, -0.05) is 11.6 Å². The summed E-state index contributed by atoms with van der Waals surface area (Å²) in [7, 11) is 0. The Kier molecular flexibility index (Phi) is 4.72. The summed E-state index contributed by atoms with van der Waals surface area (Å²) in [6.45, 7) is 0.648. The van der Waals surface area contributed by atoms with E-state index in [1.165, 1.54) is 18.2 Å². The smallest absolute Gasteiger partial charge is 0.303 e. The van der Waals surface area contributed by atoms with Gasteiger partial charge in [-0.25, -0.2) is 4.98 Å². The fraction of sp³-hybridized carbons (Fsp3) is 0.333. The van der Waals surface area contributed by atoms with Gasteiger partial charge in [0.15, 0.2) is 0 Å². The highest BCUT2D eigenvalue weighted by Crippen LogP contribution is 2.28. The fourth-order valence-corrected chi connectivity index (χ4v) is 2.96. The number of nitro groups is 1. The molecule has 1 aliphatic rings. The van der Waals surface area contributed by atoms with Gasteiger partial charge in [0.25, 0.3) is 11.2 Å². The third kappa shape index (κ3) is 3.70. The molecule has 1 N–H and O–H groups in total. The summed E-state index contributed by atoms with van der Waals surface area (Å²) < 4.78 is 38.2. The van der Waals surface area contributed by atoms with Crippen LogP contribution in [0.5, 0.6) is 0 Å². The zero-order valence-corrected chi connectivity index (χ0v) is 13.9. The molecule has 0 fully saturated rings. The van der Waals surface area contributed by atoms with Crippen LogP contribution >= 0.6 is 11.6 Å². The van der Waals surface area contributed by atoms with Crippen LogP contribution in [-0.2, 0) is 25.7 Å². The third-order valence-corrected chi connectivity index (χ3v) is 4.42. The highest BCUT2D eigenvalue weighted by molar-refractivity contribution is 6.31. The van der Waals surface area contributed by atoms with Crippen LogP contribution < -0.4 is 5.56 Å². The third-order valence-electron chi connectivity index (χ3n) is 4.05. The molecule has 0 atom stereocenters. The van der Waals surface area contributed by atoms with Gasteiger partial charge in [0.2, 0.25) is 5.82 Å². The monoisotopic (exact) mass is 388 g/mol. The van der Waals surface area contributed by atoms with Crippen LogP contribution in [0.15, 0.2) is 23.0 Å². The van der Waals surface area contributed by atoms with Crippen molar-refractivity contribution in [2.24, 2.45) is 0 Å². The van der Waals surface area contributed by atoms with E-state index < -0.39 is 22.5 Å². The number of aromatic nitrogens is 2. The van der Waals surface area contributed by atoms with Crippen molar-refractivity contribution in [2.75, 3.05) is 6.54 Å². The van der Waals surface area contributed by atoms with Gasteiger partial charge in [0.05, 0.1) is 16.2 Å². The molecule has 0 aliphatic carbocycles. The topological polar surface area (TPSA) is 92.1 Å². The van der Waals surface area contributed by atoms with Gasteiger partial charge in [-0.15, -0.1) is 0 Å². The van der Waals surface area contributed by atoms with Gasteiger partial charge in [-0.05, 0) is 11.6 Å². The number of nitrogens with zero attached hydrogens (tertiary/aromatic N) is 3. The molecule has 0 saturated heterocycles. The molecule has 0 amide bonds. The van der Waals surface area contributed by atoms with E-state index in [-0.39, 0.29) is 36.5 Å². The number of halogens is 4. The number of rotatable bonds is 3. The first-order valence-electron chi connectivity index (χ1n) is 7.49. The maximum atomic E-state index is 12.7. The van der Waals surface area contributed by atoms with Crippen molar-refractivity contribution < 1.29 is 18.1 Å². The van der Waals surface area contributed by atoms with Crippen molar-refractivity contribution >= 4 is 17.3 Å². The Morgan fingerprint density at radius 1 is 1.38 bits per heavy atom. The number of hydrogen-bond acceptors (Lipinski definition) is 5. The van der Waals surface area contributed by atoms with E-state index in [2.05, 4.69) is 4.98 Å². The second-order valence-electron chi connectivity index (χ2n) is 5.83. The van der Waals surface area contributed by atoms with E-state index in [0.29, 0.717) is 17.1 Å². The predicted molar refractivity (Wildman–Crippen MR) is 85.8 cm³/mol. The molecule has 1 aromatic carbocycles. The van der Waals surface area contributed by atoms with Crippen LogP contribution in [-0.4, -0.2) is 26.3 Å². The molecular formula is C15H12ClF3N4O3. The molecule has 2 heterocycles. The number of nitrogens with one attached hydrogen (secondary N) is 1. The molecular weight excluding hydrogens is 377 g/mol. The molecule has 0 unspecified atom stereocenters. The Hall–Kier alpha value is -2.46. The highest BCUT2D eigenvalue weighted by atomic mass is 35.5. The molecule has 26 heavy (non-hydrogen) atoms. The first-order valence-corrected chi connectivity index (χ1v) is 7.87. The van der Waals surface area contributed by atoms with Gasteiger partial charge >= 0.3 is 6.18 Å². The van der Waals surface area contributed by atoms with Crippen LogP contribution in [0.25, 0.3) is 0 Å². The Bertz CT molecular complexity index is 929. The molecule has 3 rings (SSSR count). The lowest BCUT2D eigenvalue weighted by Gasteiger charge is -2.28.